The van der Waals surface area contributed by atoms with Gasteiger partial charge in [-0.2, -0.15) is 5.10 Å². The summed E-state index contributed by atoms with van der Waals surface area (Å²) in [4.78, 5) is 19.9. The number of carbonyl (C=O) groups is 1. The molecule has 0 aromatic carbocycles. The lowest BCUT2D eigenvalue weighted by Crippen LogP contribution is -2.35. The summed E-state index contributed by atoms with van der Waals surface area (Å²) in [5.41, 5.74) is 0. The fraction of sp³-hybridized carbons (Fsp3) is 0.312. The third-order valence-corrected chi connectivity index (χ3v) is 4.95. The molecule has 1 atom stereocenters. The van der Waals surface area contributed by atoms with Crippen molar-refractivity contribution in [1.29, 1.82) is 0 Å². The summed E-state index contributed by atoms with van der Waals surface area (Å²) in [5.74, 6) is 1.33. The molecule has 0 N–H and O–H groups in total. The molecule has 1 amide bonds. The number of thiophene rings is 1. The summed E-state index contributed by atoms with van der Waals surface area (Å²) < 4.78 is 4.08. The molecule has 0 bridgehead atoms. The Labute approximate surface area is 138 Å². The van der Waals surface area contributed by atoms with E-state index in [0.29, 0.717) is 19.0 Å². The van der Waals surface area contributed by atoms with Crippen LogP contribution in [-0.4, -0.2) is 36.7 Å². The van der Waals surface area contributed by atoms with E-state index in [0.717, 1.165) is 23.8 Å². The average molecular weight is 327 g/mol. The first-order valence-electron chi connectivity index (χ1n) is 7.60. The van der Waals surface area contributed by atoms with Crippen LogP contribution in [0.25, 0.3) is 0 Å². The van der Waals surface area contributed by atoms with Crippen LogP contribution in [0.2, 0.25) is 0 Å². The minimum absolute atomic E-state index is 0.0851. The SMILES string of the molecule is O=C(c1cccs1)N1Cc2nccn2C[C@@H](Cn2cccn2)C1. The highest BCUT2D eigenvalue weighted by Gasteiger charge is 2.27. The second-order valence-corrected chi connectivity index (χ2v) is 6.70. The number of aromatic nitrogens is 4. The predicted molar refractivity (Wildman–Crippen MR) is 87.0 cm³/mol. The van der Waals surface area contributed by atoms with Gasteiger partial charge in [0.15, 0.2) is 0 Å². The van der Waals surface area contributed by atoms with Crippen LogP contribution in [0.15, 0.2) is 48.4 Å². The number of fused-ring (bicyclic) bond motifs is 1. The molecule has 0 spiro atoms. The van der Waals surface area contributed by atoms with Crippen molar-refractivity contribution in [1.82, 2.24) is 24.2 Å². The molecule has 118 valence electrons. The van der Waals surface area contributed by atoms with Crippen molar-refractivity contribution in [3.8, 4) is 0 Å². The van der Waals surface area contributed by atoms with E-state index in [1.807, 2.05) is 45.6 Å². The number of hydrogen-bond acceptors (Lipinski definition) is 4. The van der Waals surface area contributed by atoms with Gasteiger partial charge in [0, 0.05) is 50.3 Å². The van der Waals surface area contributed by atoms with Crippen molar-refractivity contribution >= 4 is 17.2 Å². The molecule has 3 aromatic heterocycles. The van der Waals surface area contributed by atoms with Crippen molar-refractivity contribution in [2.45, 2.75) is 19.6 Å². The number of amides is 1. The summed E-state index contributed by atoms with van der Waals surface area (Å²) in [7, 11) is 0. The zero-order valence-electron chi connectivity index (χ0n) is 12.6. The maximum atomic E-state index is 12.8. The molecule has 1 aliphatic rings. The maximum absolute atomic E-state index is 12.8. The highest BCUT2D eigenvalue weighted by molar-refractivity contribution is 7.12. The minimum Gasteiger partial charge on any atom is -0.333 e. The third kappa shape index (κ3) is 2.92. The van der Waals surface area contributed by atoms with E-state index >= 15 is 0 Å². The molecular weight excluding hydrogens is 310 g/mol. The summed E-state index contributed by atoms with van der Waals surface area (Å²) >= 11 is 1.49. The van der Waals surface area contributed by atoms with E-state index in [1.54, 1.807) is 12.4 Å². The quantitative estimate of drug-likeness (QED) is 0.740. The van der Waals surface area contributed by atoms with Gasteiger partial charge in [0.05, 0.1) is 11.4 Å². The van der Waals surface area contributed by atoms with Gasteiger partial charge in [0.2, 0.25) is 0 Å². The van der Waals surface area contributed by atoms with E-state index in [4.69, 9.17) is 0 Å². The molecule has 7 heteroatoms. The minimum atomic E-state index is 0.0851. The van der Waals surface area contributed by atoms with Crippen LogP contribution in [-0.2, 0) is 19.6 Å². The summed E-state index contributed by atoms with van der Waals surface area (Å²) in [6, 6.07) is 5.72. The van der Waals surface area contributed by atoms with Crippen molar-refractivity contribution < 1.29 is 4.79 Å². The smallest absolute Gasteiger partial charge is 0.264 e. The number of nitrogens with zero attached hydrogens (tertiary/aromatic N) is 5. The maximum Gasteiger partial charge on any atom is 0.264 e. The second-order valence-electron chi connectivity index (χ2n) is 5.75. The zero-order chi connectivity index (χ0) is 15.6. The highest BCUT2D eigenvalue weighted by atomic mass is 32.1. The van der Waals surface area contributed by atoms with Gasteiger partial charge in [-0.3, -0.25) is 9.48 Å². The van der Waals surface area contributed by atoms with Gasteiger partial charge in [-0.1, -0.05) is 6.07 Å². The van der Waals surface area contributed by atoms with Crippen LogP contribution in [0.5, 0.6) is 0 Å². The highest BCUT2D eigenvalue weighted by Crippen LogP contribution is 2.20. The van der Waals surface area contributed by atoms with Crippen molar-refractivity contribution in [3.05, 3.63) is 59.1 Å². The molecule has 0 unspecified atom stereocenters. The molecule has 4 rings (SSSR count). The van der Waals surface area contributed by atoms with Crippen molar-refractivity contribution in [2.24, 2.45) is 5.92 Å². The van der Waals surface area contributed by atoms with E-state index in [2.05, 4.69) is 14.6 Å². The van der Waals surface area contributed by atoms with Crippen LogP contribution in [0, 0.1) is 5.92 Å². The fourth-order valence-corrected chi connectivity index (χ4v) is 3.73. The monoisotopic (exact) mass is 327 g/mol. The van der Waals surface area contributed by atoms with Crippen molar-refractivity contribution in [3.63, 3.8) is 0 Å². The van der Waals surface area contributed by atoms with E-state index in [1.165, 1.54) is 11.3 Å². The summed E-state index contributed by atoms with van der Waals surface area (Å²) in [5, 5.41) is 6.23. The molecule has 0 saturated carbocycles. The summed E-state index contributed by atoms with van der Waals surface area (Å²) in [6.07, 6.45) is 7.54. The van der Waals surface area contributed by atoms with Gasteiger partial charge in [0.1, 0.15) is 5.82 Å². The molecule has 6 nitrogen and oxygen atoms in total. The number of hydrogen-bond donors (Lipinski definition) is 0. The Balaban J connectivity index is 1.60. The molecular formula is C16H17N5OS. The second kappa shape index (κ2) is 6.00. The molecule has 4 heterocycles. The van der Waals surface area contributed by atoms with Gasteiger partial charge < -0.3 is 9.47 Å². The Bertz CT molecular complexity index is 777. The third-order valence-electron chi connectivity index (χ3n) is 4.09. The van der Waals surface area contributed by atoms with E-state index < -0.39 is 0 Å². The Hall–Kier alpha value is -2.41. The van der Waals surface area contributed by atoms with Crippen LogP contribution in [0.1, 0.15) is 15.5 Å². The number of rotatable bonds is 3. The van der Waals surface area contributed by atoms with Crippen LogP contribution >= 0.6 is 11.3 Å². The zero-order valence-corrected chi connectivity index (χ0v) is 13.4. The molecule has 23 heavy (non-hydrogen) atoms. The first kappa shape index (κ1) is 14.2. The first-order chi connectivity index (χ1) is 11.3. The fourth-order valence-electron chi connectivity index (χ4n) is 3.04. The van der Waals surface area contributed by atoms with E-state index in [9.17, 15) is 4.79 Å². The van der Waals surface area contributed by atoms with Gasteiger partial charge in [-0.05, 0) is 17.5 Å². The van der Waals surface area contributed by atoms with Crippen LogP contribution in [0.3, 0.4) is 0 Å². The normalized spacial score (nSPS) is 17.7. The predicted octanol–water partition coefficient (Wildman–Crippen LogP) is 2.11. The van der Waals surface area contributed by atoms with Crippen LogP contribution in [0.4, 0.5) is 0 Å². The molecule has 1 aliphatic heterocycles. The van der Waals surface area contributed by atoms with Gasteiger partial charge in [-0.25, -0.2) is 4.98 Å². The largest absolute Gasteiger partial charge is 0.333 e. The number of imidazole rings is 1. The summed E-state index contributed by atoms with van der Waals surface area (Å²) in [6.45, 7) is 2.90. The molecule has 0 fully saturated rings. The lowest BCUT2D eigenvalue weighted by Gasteiger charge is -2.23. The van der Waals surface area contributed by atoms with Gasteiger partial charge in [-0.15, -0.1) is 11.3 Å². The van der Waals surface area contributed by atoms with E-state index in [-0.39, 0.29) is 5.91 Å². The Morgan fingerprint density at radius 1 is 1.26 bits per heavy atom. The van der Waals surface area contributed by atoms with Gasteiger partial charge >= 0.3 is 0 Å². The first-order valence-corrected chi connectivity index (χ1v) is 8.48. The lowest BCUT2D eigenvalue weighted by molar-refractivity contribution is 0.0717. The Kier molecular flexibility index (Phi) is 3.70. The molecule has 3 aromatic rings. The van der Waals surface area contributed by atoms with Crippen LogP contribution < -0.4 is 0 Å². The topological polar surface area (TPSA) is 56.0 Å². The standard InChI is InChI=1S/C16H17N5OS/c22-16(14-3-1-8-23-14)20-10-13(11-21-6-2-4-18-21)9-19-7-5-17-15(19)12-20/h1-8,13H,9-12H2/t13-/m1/s1. The Morgan fingerprint density at radius 2 is 2.22 bits per heavy atom. The van der Waals surface area contributed by atoms with Gasteiger partial charge in [0.25, 0.3) is 5.91 Å². The molecule has 0 saturated heterocycles. The lowest BCUT2D eigenvalue weighted by atomic mass is 10.1. The molecule has 0 radical (unpaired) electrons. The Morgan fingerprint density at radius 3 is 3.00 bits per heavy atom. The van der Waals surface area contributed by atoms with Crippen molar-refractivity contribution in [2.75, 3.05) is 6.54 Å². The number of carbonyl (C=O) groups excluding carboxylic acids is 1. The average Bonchev–Trinajstić information content (AvgIpc) is 3.28. The molecule has 0 aliphatic carbocycles.